The SMILES string of the molecule is CCNC(=O)C(CC)N(Cc1cccc(C)c1)C(=O)CN(c1cc(C(F)(F)F)ccc1Cl)S(C)(=O)=O. The van der Waals surface area contributed by atoms with Crippen molar-refractivity contribution in [1.29, 1.82) is 0 Å². The lowest BCUT2D eigenvalue weighted by atomic mass is 10.1. The average Bonchev–Trinajstić information content (AvgIpc) is 2.76. The molecule has 36 heavy (non-hydrogen) atoms. The first kappa shape index (κ1) is 29.4. The molecule has 0 heterocycles. The standard InChI is InChI=1S/C24H29ClF3N3O4S/c1-5-20(23(33)29-6-2)30(14-17-9-7-8-16(3)12-17)22(32)15-31(36(4,34)35)21-13-18(24(26,27)28)10-11-19(21)25/h7-13,20H,5-6,14-15H2,1-4H3,(H,29,33). The van der Waals surface area contributed by atoms with Crippen LogP contribution in [0.4, 0.5) is 18.9 Å². The van der Waals surface area contributed by atoms with E-state index < -0.39 is 51.9 Å². The lowest BCUT2D eigenvalue weighted by molar-refractivity contribution is -0.140. The van der Waals surface area contributed by atoms with Crippen LogP contribution in [-0.4, -0.2) is 50.5 Å². The molecule has 0 saturated heterocycles. The summed E-state index contributed by atoms with van der Waals surface area (Å²) in [5, 5.41) is 2.39. The highest BCUT2D eigenvalue weighted by molar-refractivity contribution is 7.92. The summed E-state index contributed by atoms with van der Waals surface area (Å²) in [4.78, 5) is 27.5. The van der Waals surface area contributed by atoms with Gasteiger partial charge in [0.2, 0.25) is 21.8 Å². The number of rotatable bonds is 10. The minimum Gasteiger partial charge on any atom is -0.355 e. The molecule has 0 bridgehead atoms. The van der Waals surface area contributed by atoms with Gasteiger partial charge in [-0.25, -0.2) is 8.42 Å². The number of anilines is 1. The van der Waals surface area contributed by atoms with E-state index in [2.05, 4.69) is 5.32 Å². The van der Waals surface area contributed by atoms with Gasteiger partial charge < -0.3 is 10.2 Å². The van der Waals surface area contributed by atoms with Gasteiger partial charge in [-0.1, -0.05) is 48.4 Å². The van der Waals surface area contributed by atoms with Crippen LogP contribution in [0.25, 0.3) is 0 Å². The first-order chi connectivity index (χ1) is 16.7. The highest BCUT2D eigenvalue weighted by Gasteiger charge is 2.35. The van der Waals surface area contributed by atoms with Gasteiger partial charge in [0, 0.05) is 13.1 Å². The Labute approximate surface area is 214 Å². The zero-order valence-electron chi connectivity index (χ0n) is 20.4. The summed E-state index contributed by atoms with van der Waals surface area (Å²) in [7, 11) is -4.24. The number of hydrogen-bond donors (Lipinski definition) is 1. The molecule has 0 fully saturated rings. The van der Waals surface area contributed by atoms with Crippen molar-refractivity contribution in [3.05, 3.63) is 64.2 Å². The molecule has 0 spiro atoms. The van der Waals surface area contributed by atoms with Crippen LogP contribution in [0, 0.1) is 6.92 Å². The second-order valence-corrected chi connectivity index (χ2v) is 10.6. The van der Waals surface area contributed by atoms with Crippen molar-refractivity contribution in [3.8, 4) is 0 Å². The molecule has 0 aromatic heterocycles. The molecule has 0 radical (unpaired) electrons. The number of nitrogens with one attached hydrogen (secondary N) is 1. The van der Waals surface area contributed by atoms with E-state index in [4.69, 9.17) is 11.6 Å². The zero-order chi connectivity index (χ0) is 27.3. The number of halogens is 4. The van der Waals surface area contributed by atoms with Crippen molar-refractivity contribution in [3.63, 3.8) is 0 Å². The molecule has 0 saturated carbocycles. The molecule has 12 heteroatoms. The Hall–Kier alpha value is -2.79. The van der Waals surface area contributed by atoms with Gasteiger partial charge in [0.05, 0.1) is 22.5 Å². The van der Waals surface area contributed by atoms with Gasteiger partial charge >= 0.3 is 6.18 Å². The second kappa shape index (κ2) is 12.0. The Morgan fingerprint density at radius 2 is 1.78 bits per heavy atom. The molecule has 0 aliphatic carbocycles. The fourth-order valence-electron chi connectivity index (χ4n) is 3.69. The predicted octanol–water partition coefficient (Wildman–Crippen LogP) is 4.38. The number of likely N-dealkylation sites (N-methyl/N-ethyl adjacent to an activating group) is 1. The maximum atomic E-state index is 13.5. The maximum absolute atomic E-state index is 13.5. The van der Waals surface area contributed by atoms with E-state index in [1.807, 2.05) is 19.1 Å². The van der Waals surface area contributed by atoms with Crippen molar-refractivity contribution in [2.45, 2.75) is 46.0 Å². The largest absolute Gasteiger partial charge is 0.416 e. The topological polar surface area (TPSA) is 86.8 Å². The fraction of sp³-hybridized carbons (Fsp3) is 0.417. The Morgan fingerprint density at radius 3 is 2.31 bits per heavy atom. The summed E-state index contributed by atoms with van der Waals surface area (Å²) in [6.45, 7) is 4.74. The number of nitrogens with zero attached hydrogens (tertiary/aromatic N) is 2. The first-order valence-corrected chi connectivity index (χ1v) is 13.4. The minimum atomic E-state index is -4.75. The molecule has 0 aliphatic rings. The van der Waals surface area contributed by atoms with Crippen LogP contribution in [0.3, 0.4) is 0 Å². The van der Waals surface area contributed by atoms with E-state index >= 15 is 0 Å². The van der Waals surface area contributed by atoms with E-state index in [0.717, 1.165) is 24.0 Å². The molecule has 2 rings (SSSR count). The number of sulfonamides is 1. The summed E-state index contributed by atoms with van der Waals surface area (Å²) in [6.07, 6.45) is -3.76. The fourth-order valence-corrected chi connectivity index (χ4v) is 4.82. The Morgan fingerprint density at radius 1 is 1.11 bits per heavy atom. The molecule has 2 amide bonds. The lowest BCUT2D eigenvalue weighted by Crippen LogP contribution is -2.52. The summed E-state index contributed by atoms with van der Waals surface area (Å²) in [5.41, 5.74) is 0.0193. The van der Waals surface area contributed by atoms with Gasteiger partial charge in [-0.3, -0.25) is 13.9 Å². The van der Waals surface area contributed by atoms with Crippen LogP contribution in [0.1, 0.15) is 37.0 Å². The van der Waals surface area contributed by atoms with Crippen LogP contribution in [0.5, 0.6) is 0 Å². The van der Waals surface area contributed by atoms with Crippen molar-refractivity contribution < 1.29 is 31.2 Å². The summed E-state index contributed by atoms with van der Waals surface area (Å²) in [5.74, 6) is -1.20. The van der Waals surface area contributed by atoms with Crippen LogP contribution in [0.2, 0.25) is 5.02 Å². The van der Waals surface area contributed by atoms with E-state index in [1.165, 1.54) is 4.90 Å². The third kappa shape index (κ3) is 7.60. The first-order valence-electron chi connectivity index (χ1n) is 11.2. The van der Waals surface area contributed by atoms with Gasteiger partial charge in [-0.05, 0) is 44.0 Å². The predicted molar refractivity (Wildman–Crippen MR) is 133 cm³/mol. The van der Waals surface area contributed by atoms with Gasteiger partial charge in [0.25, 0.3) is 0 Å². The minimum absolute atomic E-state index is 0.00984. The Balaban J connectivity index is 2.54. The molecular formula is C24H29ClF3N3O4S. The molecule has 198 valence electrons. The van der Waals surface area contributed by atoms with Gasteiger partial charge in [0.15, 0.2) is 0 Å². The van der Waals surface area contributed by atoms with Gasteiger partial charge in [-0.15, -0.1) is 0 Å². The number of amides is 2. The zero-order valence-corrected chi connectivity index (χ0v) is 22.0. The number of benzene rings is 2. The normalized spacial score (nSPS) is 12.7. The van der Waals surface area contributed by atoms with E-state index in [9.17, 15) is 31.2 Å². The van der Waals surface area contributed by atoms with Gasteiger partial charge in [0.1, 0.15) is 12.6 Å². The van der Waals surface area contributed by atoms with Crippen molar-refractivity contribution >= 4 is 39.1 Å². The molecule has 2 aromatic rings. The number of carbonyl (C=O) groups is 2. The number of carbonyl (C=O) groups excluding carboxylic acids is 2. The van der Waals surface area contributed by atoms with Crippen LogP contribution in [0.15, 0.2) is 42.5 Å². The summed E-state index contributed by atoms with van der Waals surface area (Å²) >= 11 is 6.08. The van der Waals surface area contributed by atoms with Gasteiger partial charge in [-0.2, -0.15) is 13.2 Å². The highest BCUT2D eigenvalue weighted by Crippen LogP contribution is 2.36. The van der Waals surface area contributed by atoms with Crippen molar-refractivity contribution in [1.82, 2.24) is 10.2 Å². The monoisotopic (exact) mass is 547 g/mol. The molecular weight excluding hydrogens is 519 g/mol. The third-order valence-electron chi connectivity index (χ3n) is 5.39. The summed E-state index contributed by atoms with van der Waals surface area (Å²) in [6, 6.07) is 8.53. The molecule has 1 atom stereocenters. The lowest BCUT2D eigenvalue weighted by Gasteiger charge is -2.33. The molecule has 1 N–H and O–H groups in total. The van der Waals surface area contributed by atoms with Crippen molar-refractivity contribution in [2.24, 2.45) is 0 Å². The average molecular weight is 548 g/mol. The molecule has 0 aliphatic heterocycles. The van der Waals surface area contributed by atoms with E-state index in [-0.39, 0.29) is 18.0 Å². The van der Waals surface area contributed by atoms with E-state index in [0.29, 0.717) is 22.5 Å². The van der Waals surface area contributed by atoms with Crippen LogP contribution in [-0.2, 0) is 32.3 Å². The van der Waals surface area contributed by atoms with Crippen molar-refractivity contribution in [2.75, 3.05) is 23.7 Å². The Bertz CT molecular complexity index is 1210. The number of aryl methyl sites for hydroxylation is 1. The molecule has 2 aromatic carbocycles. The quantitative estimate of drug-likeness (QED) is 0.478. The number of hydrogen-bond acceptors (Lipinski definition) is 4. The number of alkyl halides is 3. The van der Waals surface area contributed by atoms with Crippen LogP contribution >= 0.6 is 11.6 Å². The van der Waals surface area contributed by atoms with E-state index in [1.54, 1.807) is 26.0 Å². The smallest absolute Gasteiger partial charge is 0.355 e. The highest BCUT2D eigenvalue weighted by atomic mass is 35.5. The molecule has 7 nitrogen and oxygen atoms in total. The Kier molecular flexibility index (Phi) is 9.78. The third-order valence-corrected chi connectivity index (χ3v) is 6.84. The van der Waals surface area contributed by atoms with Crippen LogP contribution < -0.4 is 9.62 Å². The summed E-state index contributed by atoms with van der Waals surface area (Å²) < 4.78 is 65.7. The molecule has 1 unspecified atom stereocenters. The second-order valence-electron chi connectivity index (χ2n) is 8.26. The maximum Gasteiger partial charge on any atom is 0.416 e.